The Kier molecular flexibility index (Phi) is 2.71. The number of hydrogen-bond acceptors (Lipinski definition) is 2. The largest absolute Gasteiger partial charge is 0.322 e. The summed E-state index contributed by atoms with van der Waals surface area (Å²) >= 11 is 0. The van der Waals surface area contributed by atoms with E-state index in [1.165, 1.54) is 12.8 Å². The van der Waals surface area contributed by atoms with Crippen molar-refractivity contribution in [1.82, 2.24) is 10.3 Å². The maximum atomic E-state index is 11.9. The highest BCUT2D eigenvalue weighted by Crippen LogP contribution is 2.44. The molecule has 2 N–H and O–H groups in total. The van der Waals surface area contributed by atoms with Gasteiger partial charge in [0.2, 0.25) is 0 Å². The quantitative estimate of drug-likeness (QED) is 0.864. The third-order valence-electron chi connectivity index (χ3n) is 3.80. The van der Waals surface area contributed by atoms with E-state index in [2.05, 4.69) is 17.2 Å². The standard InChI is InChI=1S/C15H18N2O/c1-15(6-7-15)10-16-9-12-8-11-4-2-3-5-13(11)17-14(12)18/h2-5,8,16H,6-7,9-10H2,1H3,(H,17,18). The number of H-pyrrole nitrogens is 1. The molecule has 1 aromatic carbocycles. The smallest absolute Gasteiger partial charge is 0.252 e. The first-order valence-electron chi connectivity index (χ1n) is 6.48. The van der Waals surface area contributed by atoms with Gasteiger partial charge in [0.1, 0.15) is 0 Å². The minimum absolute atomic E-state index is 0.0159. The van der Waals surface area contributed by atoms with Gasteiger partial charge in [-0.25, -0.2) is 0 Å². The van der Waals surface area contributed by atoms with Gasteiger partial charge >= 0.3 is 0 Å². The van der Waals surface area contributed by atoms with Crippen molar-refractivity contribution < 1.29 is 0 Å². The molecule has 18 heavy (non-hydrogen) atoms. The van der Waals surface area contributed by atoms with Crippen molar-refractivity contribution in [3.63, 3.8) is 0 Å². The summed E-state index contributed by atoms with van der Waals surface area (Å²) in [7, 11) is 0. The molecule has 1 aromatic heterocycles. The summed E-state index contributed by atoms with van der Waals surface area (Å²) in [5, 5.41) is 4.48. The average molecular weight is 242 g/mol. The minimum Gasteiger partial charge on any atom is -0.322 e. The summed E-state index contributed by atoms with van der Waals surface area (Å²) in [4.78, 5) is 14.8. The first kappa shape index (κ1) is 11.5. The van der Waals surface area contributed by atoms with E-state index in [0.29, 0.717) is 12.0 Å². The van der Waals surface area contributed by atoms with E-state index in [1.807, 2.05) is 30.3 Å². The fourth-order valence-corrected chi connectivity index (χ4v) is 2.21. The molecule has 0 atom stereocenters. The summed E-state index contributed by atoms with van der Waals surface area (Å²) < 4.78 is 0. The molecule has 0 unspecified atom stereocenters. The van der Waals surface area contributed by atoms with Crippen LogP contribution in [0.2, 0.25) is 0 Å². The molecular formula is C15H18N2O. The molecule has 3 nitrogen and oxygen atoms in total. The zero-order valence-corrected chi connectivity index (χ0v) is 10.6. The fraction of sp³-hybridized carbons (Fsp3) is 0.400. The Balaban J connectivity index is 1.78. The van der Waals surface area contributed by atoms with E-state index in [1.54, 1.807) is 0 Å². The van der Waals surface area contributed by atoms with Gasteiger partial charge in [-0.15, -0.1) is 0 Å². The number of para-hydroxylation sites is 1. The normalized spacial score (nSPS) is 16.9. The van der Waals surface area contributed by atoms with Gasteiger partial charge in [-0.1, -0.05) is 25.1 Å². The van der Waals surface area contributed by atoms with Crippen LogP contribution >= 0.6 is 0 Å². The highest BCUT2D eigenvalue weighted by atomic mass is 16.1. The van der Waals surface area contributed by atoms with Crippen molar-refractivity contribution in [1.29, 1.82) is 0 Å². The number of benzene rings is 1. The summed E-state index contributed by atoms with van der Waals surface area (Å²) in [5.41, 5.74) is 2.21. The van der Waals surface area contributed by atoms with Crippen LogP contribution in [0.1, 0.15) is 25.3 Å². The van der Waals surface area contributed by atoms with E-state index in [9.17, 15) is 4.79 Å². The van der Waals surface area contributed by atoms with Crippen molar-refractivity contribution in [2.75, 3.05) is 6.54 Å². The van der Waals surface area contributed by atoms with E-state index >= 15 is 0 Å². The van der Waals surface area contributed by atoms with Crippen molar-refractivity contribution >= 4 is 10.9 Å². The molecule has 2 aromatic rings. The molecule has 94 valence electrons. The predicted octanol–water partition coefficient (Wildman–Crippen LogP) is 2.42. The van der Waals surface area contributed by atoms with Gasteiger partial charge in [-0.05, 0) is 35.8 Å². The van der Waals surface area contributed by atoms with Gasteiger partial charge in [0.25, 0.3) is 5.56 Å². The number of fused-ring (bicyclic) bond motifs is 1. The van der Waals surface area contributed by atoms with Crippen LogP contribution in [0.15, 0.2) is 35.1 Å². The summed E-state index contributed by atoms with van der Waals surface area (Å²) in [5.74, 6) is 0. The fourth-order valence-electron chi connectivity index (χ4n) is 2.21. The number of aromatic nitrogens is 1. The van der Waals surface area contributed by atoms with E-state index in [0.717, 1.165) is 23.0 Å². The van der Waals surface area contributed by atoms with Gasteiger partial charge in [-0.3, -0.25) is 4.79 Å². The summed E-state index contributed by atoms with van der Waals surface area (Å²) in [6.45, 7) is 3.93. The molecule has 0 amide bonds. The van der Waals surface area contributed by atoms with E-state index in [4.69, 9.17) is 0 Å². The number of pyridine rings is 1. The first-order valence-corrected chi connectivity index (χ1v) is 6.48. The second-order valence-corrected chi connectivity index (χ2v) is 5.63. The number of hydrogen-bond donors (Lipinski definition) is 2. The molecule has 1 saturated carbocycles. The van der Waals surface area contributed by atoms with Crippen LogP contribution < -0.4 is 10.9 Å². The molecule has 1 aliphatic rings. The predicted molar refractivity (Wildman–Crippen MR) is 73.6 cm³/mol. The van der Waals surface area contributed by atoms with Crippen LogP contribution in [0.4, 0.5) is 0 Å². The van der Waals surface area contributed by atoms with Crippen molar-refractivity contribution in [2.45, 2.75) is 26.3 Å². The highest BCUT2D eigenvalue weighted by molar-refractivity contribution is 5.78. The molecule has 0 aliphatic heterocycles. The van der Waals surface area contributed by atoms with Gasteiger partial charge in [0.15, 0.2) is 0 Å². The number of nitrogens with one attached hydrogen (secondary N) is 2. The van der Waals surface area contributed by atoms with Crippen LogP contribution in [0.3, 0.4) is 0 Å². The lowest BCUT2D eigenvalue weighted by Crippen LogP contribution is -2.25. The molecule has 1 heterocycles. The molecule has 0 spiro atoms. The van der Waals surface area contributed by atoms with Gasteiger partial charge in [-0.2, -0.15) is 0 Å². The number of rotatable bonds is 4. The Labute approximate surface area is 106 Å². The van der Waals surface area contributed by atoms with E-state index in [-0.39, 0.29) is 5.56 Å². The Morgan fingerprint density at radius 3 is 2.89 bits per heavy atom. The highest BCUT2D eigenvalue weighted by Gasteiger charge is 2.36. The molecule has 0 saturated heterocycles. The second kappa shape index (κ2) is 4.25. The lowest BCUT2D eigenvalue weighted by atomic mass is 10.1. The third-order valence-corrected chi connectivity index (χ3v) is 3.80. The van der Waals surface area contributed by atoms with Gasteiger partial charge in [0.05, 0.1) is 0 Å². The molecule has 3 rings (SSSR count). The zero-order chi connectivity index (χ0) is 12.6. The third kappa shape index (κ3) is 2.31. The summed E-state index contributed by atoms with van der Waals surface area (Å²) in [6, 6.07) is 9.86. The molecule has 0 bridgehead atoms. The lowest BCUT2D eigenvalue weighted by Gasteiger charge is -2.09. The SMILES string of the molecule is CC1(CNCc2cc3ccccc3[nH]c2=O)CC1. The molecule has 0 radical (unpaired) electrons. The molecule has 1 fully saturated rings. The Hall–Kier alpha value is -1.61. The van der Waals surface area contributed by atoms with Crippen LogP contribution in [-0.2, 0) is 6.54 Å². The molecule has 3 heteroatoms. The monoisotopic (exact) mass is 242 g/mol. The lowest BCUT2D eigenvalue weighted by molar-refractivity contribution is 0.498. The molecular weight excluding hydrogens is 224 g/mol. The maximum Gasteiger partial charge on any atom is 0.252 e. The Morgan fingerprint density at radius 1 is 1.33 bits per heavy atom. The van der Waals surface area contributed by atoms with E-state index < -0.39 is 0 Å². The van der Waals surface area contributed by atoms with Gasteiger partial charge < -0.3 is 10.3 Å². The average Bonchev–Trinajstić information content (AvgIpc) is 3.08. The van der Waals surface area contributed by atoms with Crippen LogP contribution in [0, 0.1) is 5.41 Å². The zero-order valence-electron chi connectivity index (χ0n) is 10.6. The van der Waals surface area contributed by atoms with Crippen LogP contribution in [0.5, 0.6) is 0 Å². The Morgan fingerprint density at radius 2 is 2.11 bits per heavy atom. The first-order chi connectivity index (χ1) is 8.66. The van der Waals surface area contributed by atoms with Crippen LogP contribution in [-0.4, -0.2) is 11.5 Å². The van der Waals surface area contributed by atoms with Crippen molar-refractivity contribution in [2.24, 2.45) is 5.41 Å². The topological polar surface area (TPSA) is 44.9 Å². The second-order valence-electron chi connectivity index (χ2n) is 5.63. The minimum atomic E-state index is 0.0159. The molecule has 1 aliphatic carbocycles. The van der Waals surface area contributed by atoms with Crippen molar-refractivity contribution in [3.8, 4) is 0 Å². The Bertz CT molecular complexity index is 626. The summed E-state index contributed by atoms with van der Waals surface area (Å²) in [6.07, 6.45) is 2.60. The van der Waals surface area contributed by atoms with Crippen LogP contribution in [0.25, 0.3) is 10.9 Å². The number of aromatic amines is 1. The van der Waals surface area contributed by atoms with Gasteiger partial charge in [0, 0.05) is 24.2 Å². The maximum absolute atomic E-state index is 11.9. The van der Waals surface area contributed by atoms with Crippen molar-refractivity contribution in [3.05, 3.63) is 46.2 Å².